The molecular weight excluding hydrogens is 506 g/mol. The van der Waals surface area contributed by atoms with Crippen LogP contribution in [0.5, 0.6) is 5.75 Å². The van der Waals surface area contributed by atoms with Gasteiger partial charge in [0.15, 0.2) is 12.0 Å². The summed E-state index contributed by atoms with van der Waals surface area (Å²) in [5, 5.41) is 16.6. The molecule has 196 valence electrons. The Morgan fingerprint density at radius 3 is 2.86 bits per heavy atom. The van der Waals surface area contributed by atoms with E-state index < -0.39 is 44.2 Å². The van der Waals surface area contributed by atoms with Crippen LogP contribution >= 0.6 is 7.75 Å². The number of nitrogens with two attached hydrogens (primary N) is 1. The van der Waals surface area contributed by atoms with Crippen LogP contribution < -0.4 is 15.3 Å². The Hall–Kier alpha value is -3.56. The van der Waals surface area contributed by atoms with Gasteiger partial charge in [0.1, 0.15) is 29.7 Å². The molecule has 3 aromatic rings. The van der Waals surface area contributed by atoms with Gasteiger partial charge >= 0.3 is 13.7 Å². The van der Waals surface area contributed by atoms with Crippen molar-refractivity contribution in [3.05, 3.63) is 54.5 Å². The number of aromatic nitrogens is 3. The predicted molar refractivity (Wildman–Crippen MR) is 129 cm³/mol. The predicted octanol–water partition coefficient (Wildman–Crippen LogP) is 2.90. The molecule has 2 aromatic heterocycles. The second kappa shape index (κ2) is 10.8. The van der Waals surface area contributed by atoms with Crippen LogP contribution in [-0.4, -0.2) is 52.1 Å². The smallest absolute Gasteiger partial charge is 0.459 e. The van der Waals surface area contributed by atoms with Crippen LogP contribution in [0.15, 0.2) is 48.8 Å². The van der Waals surface area contributed by atoms with E-state index in [1.807, 2.05) is 6.07 Å². The third kappa shape index (κ3) is 5.42. The number of esters is 1. The Morgan fingerprint density at radius 1 is 1.41 bits per heavy atom. The summed E-state index contributed by atoms with van der Waals surface area (Å²) in [5.41, 5.74) is 4.36. The fraction of sp³-hybridized carbons (Fsp3) is 0.391. The van der Waals surface area contributed by atoms with Gasteiger partial charge in [-0.1, -0.05) is 18.2 Å². The van der Waals surface area contributed by atoms with Crippen LogP contribution in [0.4, 0.5) is 10.2 Å². The van der Waals surface area contributed by atoms with Crippen molar-refractivity contribution in [3.63, 3.8) is 0 Å². The number of nitrogens with zero attached hydrogens (tertiary/aromatic N) is 4. The Morgan fingerprint density at radius 2 is 2.16 bits per heavy atom. The number of anilines is 1. The quantitative estimate of drug-likeness (QED) is 0.291. The van der Waals surface area contributed by atoms with Gasteiger partial charge in [0, 0.05) is 6.42 Å². The monoisotopic (exact) mass is 532 g/mol. The molecule has 37 heavy (non-hydrogen) atoms. The van der Waals surface area contributed by atoms with Gasteiger partial charge in [-0.25, -0.2) is 18.5 Å². The van der Waals surface area contributed by atoms with E-state index in [9.17, 15) is 14.6 Å². The van der Waals surface area contributed by atoms with E-state index in [4.69, 9.17) is 24.3 Å². The standard InChI is InChI=1S/C23H26FN6O6P/c1-3-33-22(31)15(2)29-37(32,36-16-7-5-4-6-8-16)34-12-17-11-19(24)23(13-25,35-17)20-10-9-18-21(26)27-14-28-30(18)20/h4-10,14-15,17,19H,3,11-12H2,1-2H3,(H,29,32)(H2,26,27,28)/t15-,17-,19+,23+,37?/m0/s1. The number of benzene rings is 1. The van der Waals surface area contributed by atoms with Gasteiger partial charge in [-0.15, -0.1) is 0 Å². The van der Waals surface area contributed by atoms with E-state index in [1.165, 1.54) is 23.8 Å². The van der Waals surface area contributed by atoms with Gasteiger partial charge < -0.3 is 19.7 Å². The number of alkyl halides is 1. The van der Waals surface area contributed by atoms with Crippen molar-refractivity contribution in [2.24, 2.45) is 0 Å². The largest absolute Gasteiger partial charge is 0.465 e. The topological polar surface area (TPSA) is 163 Å². The molecule has 1 unspecified atom stereocenters. The van der Waals surface area contributed by atoms with Crippen LogP contribution in [0.2, 0.25) is 0 Å². The average molecular weight is 532 g/mol. The fourth-order valence-corrected chi connectivity index (χ4v) is 5.46. The highest BCUT2D eigenvalue weighted by Gasteiger charge is 2.54. The number of ether oxygens (including phenoxy) is 2. The van der Waals surface area contributed by atoms with Crippen molar-refractivity contribution in [2.75, 3.05) is 18.9 Å². The molecule has 3 N–H and O–H groups in total. The van der Waals surface area contributed by atoms with Crippen LogP contribution in [0, 0.1) is 11.3 Å². The van der Waals surface area contributed by atoms with Gasteiger partial charge in [0.05, 0.1) is 25.0 Å². The molecule has 3 heterocycles. The number of para-hydroxylation sites is 1. The first-order chi connectivity index (χ1) is 17.7. The number of hydrogen-bond acceptors (Lipinski definition) is 10. The Labute approximate surface area is 212 Å². The van der Waals surface area contributed by atoms with E-state index >= 15 is 4.39 Å². The zero-order valence-corrected chi connectivity index (χ0v) is 21.0. The van der Waals surface area contributed by atoms with Gasteiger partial charge in [-0.05, 0) is 38.1 Å². The normalized spacial score (nSPS) is 23.7. The van der Waals surface area contributed by atoms with Crippen LogP contribution in [0.1, 0.15) is 26.0 Å². The summed E-state index contributed by atoms with van der Waals surface area (Å²) in [6, 6.07) is 12.1. The lowest BCUT2D eigenvalue weighted by Gasteiger charge is -2.25. The molecular formula is C23H26FN6O6P. The molecule has 0 spiro atoms. The summed E-state index contributed by atoms with van der Waals surface area (Å²) < 4.78 is 52.3. The van der Waals surface area contributed by atoms with Crippen molar-refractivity contribution in [2.45, 2.75) is 44.2 Å². The lowest BCUT2D eigenvalue weighted by Crippen LogP contribution is -2.36. The number of carbonyl (C=O) groups excluding carboxylic acids is 1. The number of nitriles is 1. The molecule has 4 rings (SSSR count). The van der Waals surface area contributed by atoms with E-state index in [-0.39, 0.29) is 30.3 Å². The number of carbonyl (C=O) groups is 1. The van der Waals surface area contributed by atoms with Crippen molar-refractivity contribution in [1.29, 1.82) is 5.26 Å². The minimum absolute atomic E-state index is 0.130. The zero-order valence-electron chi connectivity index (χ0n) is 20.1. The molecule has 12 nitrogen and oxygen atoms in total. The van der Waals surface area contributed by atoms with E-state index in [0.29, 0.717) is 5.52 Å². The summed E-state index contributed by atoms with van der Waals surface area (Å²) in [4.78, 5) is 16.0. The summed E-state index contributed by atoms with van der Waals surface area (Å²) >= 11 is 0. The van der Waals surface area contributed by atoms with E-state index in [0.717, 1.165) is 0 Å². The van der Waals surface area contributed by atoms with Crippen LogP contribution in [-0.2, 0) is 29.0 Å². The van der Waals surface area contributed by atoms with Crippen molar-refractivity contribution in [1.82, 2.24) is 19.7 Å². The highest BCUT2D eigenvalue weighted by atomic mass is 31.2. The number of rotatable bonds is 10. The summed E-state index contributed by atoms with van der Waals surface area (Å²) in [6.07, 6.45) is -1.79. The molecule has 0 saturated carbocycles. The van der Waals surface area contributed by atoms with Crippen molar-refractivity contribution < 1.29 is 32.3 Å². The SMILES string of the molecule is CCOC(=O)[C@H](C)NP(=O)(OC[C@@H]1C[C@@H](F)[C@](C#N)(c2ccc3c(N)ncnn23)O1)Oc1ccccc1. The van der Waals surface area contributed by atoms with E-state index in [2.05, 4.69) is 15.2 Å². The molecule has 1 aromatic carbocycles. The Balaban J connectivity index is 1.54. The van der Waals surface area contributed by atoms with Crippen LogP contribution in [0.3, 0.4) is 0 Å². The third-order valence-electron chi connectivity index (χ3n) is 5.68. The Bertz CT molecular complexity index is 1350. The molecule has 1 saturated heterocycles. The highest BCUT2D eigenvalue weighted by molar-refractivity contribution is 7.52. The van der Waals surface area contributed by atoms with E-state index in [1.54, 1.807) is 43.3 Å². The first kappa shape index (κ1) is 26.5. The molecule has 0 amide bonds. The first-order valence-corrected chi connectivity index (χ1v) is 13.0. The number of nitrogens with one attached hydrogen (secondary N) is 1. The number of fused-ring (bicyclic) bond motifs is 1. The highest BCUT2D eigenvalue weighted by Crippen LogP contribution is 2.47. The van der Waals surface area contributed by atoms with Gasteiger partial charge in [0.25, 0.3) is 0 Å². The maximum Gasteiger partial charge on any atom is 0.459 e. The van der Waals surface area contributed by atoms with Gasteiger partial charge in [-0.2, -0.15) is 15.4 Å². The molecule has 1 aliphatic rings. The van der Waals surface area contributed by atoms with Gasteiger partial charge in [-0.3, -0.25) is 9.32 Å². The second-order valence-electron chi connectivity index (χ2n) is 8.25. The molecule has 1 fully saturated rings. The van der Waals surface area contributed by atoms with Gasteiger partial charge in [0.2, 0.25) is 5.60 Å². The molecule has 5 atom stereocenters. The van der Waals surface area contributed by atoms with Crippen molar-refractivity contribution in [3.8, 4) is 11.8 Å². The number of halogens is 1. The third-order valence-corrected chi connectivity index (χ3v) is 7.33. The minimum Gasteiger partial charge on any atom is -0.465 e. The maximum absolute atomic E-state index is 15.4. The number of nitrogen functional groups attached to an aromatic ring is 1. The molecule has 14 heteroatoms. The lowest BCUT2D eigenvalue weighted by molar-refractivity contribution is -0.144. The number of hydrogen-bond donors (Lipinski definition) is 2. The Kier molecular flexibility index (Phi) is 7.75. The summed E-state index contributed by atoms with van der Waals surface area (Å²) in [6.45, 7) is 2.81. The summed E-state index contributed by atoms with van der Waals surface area (Å²) in [7, 11) is -4.18. The lowest BCUT2D eigenvalue weighted by atomic mass is 9.95. The molecule has 0 bridgehead atoms. The first-order valence-electron chi connectivity index (χ1n) is 11.5. The zero-order chi connectivity index (χ0) is 26.6. The molecule has 0 radical (unpaired) electrons. The molecule has 1 aliphatic heterocycles. The fourth-order valence-electron chi connectivity index (χ4n) is 3.94. The second-order valence-corrected chi connectivity index (χ2v) is 9.95. The summed E-state index contributed by atoms with van der Waals surface area (Å²) in [5.74, 6) is -0.286. The van der Waals surface area contributed by atoms with Crippen molar-refractivity contribution >= 4 is 25.1 Å². The minimum atomic E-state index is -4.18. The van der Waals surface area contributed by atoms with Crippen LogP contribution in [0.25, 0.3) is 5.52 Å². The maximum atomic E-state index is 15.4. The average Bonchev–Trinajstić information content (AvgIpc) is 3.46. The molecule has 0 aliphatic carbocycles.